The van der Waals surface area contributed by atoms with E-state index in [1.54, 1.807) is 30.3 Å². The minimum Gasteiger partial charge on any atom is -0.481 e. The third-order valence-corrected chi connectivity index (χ3v) is 7.42. The topological polar surface area (TPSA) is 145 Å². The van der Waals surface area contributed by atoms with Gasteiger partial charge in [0.05, 0.1) is 6.61 Å². The lowest BCUT2D eigenvalue weighted by Crippen LogP contribution is -2.65. The number of fused-ring (bicyclic) bond motifs is 1. The summed E-state index contributed by atoms with van der Waals surface area (Å²) in [6.07, 6.45) is -26.4. The van der Waals surface area contributed by atoms with Crippen LogP contribution in [0.1, 0.15) is 25.2 Å². The number of carboxylic acid groups (broad SMARTS) is 1. The number of ether oxygens (including phenoxy) is 7. The predicted octanol–water partition coefficient (Wildman–Crippen LogP) is 3.47. The summed E-state index contributed by atoms with van der Waals surface area (Å²) < 4.78 is 177. The van der Waals surface area contributed by atoms with Crippen molar-refractivity contribution in [2.45, 2.75) is 73.7 Å². The summed E-state index contributed by atoms with van der Waals surface area (Å²) in [5, 5.41) is 1.51. The lowest BCUT2D eigenvalue weighted by atomic mass is 9.97. The fourth-order valence-corrected chi connectivity index (χ4v) is 4.90. The van der Waals surface area contributed by atoms with Crippen LogP contribution in [-0.2, 0) is 52.3 Å². The van der Waals surface area contributed by atoms with Gasteiger partial charge < -0.3 is 33.5 Å². The molecule has 2 saturated heterocycles. The number of carboxylic acids is 1. The molecule has 2 aliphatic heterocycles. The molecule has 252 valence electrons. The first-order valence-electron chi connectivity index (χ1n) is 12.4. The molecule has 3 rings (SSSR count). The van der Waals surface area contributed by atoms with Crippen molar-refractivity contribution in [3.63, 3.8) is 0 Å². The van der Waals surface area contributed by atoms with E-state index < -0.39 is 89.7 Å². The lowest BCUT2D eigenvalue weighted by Gasteiger charge is -2.48. The van der Waals surface area contributed by atoms with Gasteiger partial charge in [0, 0.05) is 19.3 Å². The number of halogens is 8. The highest BCUT2D eigenvalue weighted by molar-refractivity contribution is 7.87. The number of hydrogen-bond acceptors (Lipinski definition) is 11. The van der Waals surface area contributed by atoms with Crippen molar-refractivity contribution >= 4 is 16.1 Å². The smallest absolute Gasteiger partial charge is 0.460 e. The molecule has 0 aliphatic carbocycles. The molecule has 2 heterocycles. The van der Waals surface area contributed by atoms with Crippen molar-refractivity contribution in [3.8, 4) is 0 Å². The van der Waals surface area contributed by atoms with Crippen molar-refractivity contribution in [3.05, 3.63) is 35.9 Å². The Kier molecular flexibility index (Phi) is 11.2. The van der Waals surface area contributed by atoms with E-state index in [9.17, 15) is 48.3 Å². The second kappa shape index (κ2) is 13.6. The van der Waals surface area contributed by atoms with Gasteiger partial charge in [-0.15, -0.1) is 0 Å². The molecule has 21 heteroatoms. The molecule has 0 bridgehead atoms. The quantitative estimate of drug-likeness (QED) is 0.126. The Labute approximate surface area is 244 Å². The van der Waals surface area contributed by atoms with E-state index in [0.717, 1.165) is 7.11 Å². The number of carbonyl (C=O) groups is 1. The van der Waals surface area contributed by atoms with Crippen LogP contribution in [0.3, 0.4) is 0 Å². The first-order valence-corrected chi connectivity index (χ1v) is 13.8. The van der Waals surface area contributed by atoms with Gasteiger partial charge >= 0.3 is 39.5 Å². The summed E-state index contributed by atoms with van der Waals surface area (Å²) in [5.41, 5.74) is 0.428. The van der Waals surface area contributed by atoms with Crippen LogP contribution in [0.5, 0.6) is 0 Å². The van der Waals surface area contributed by atoms with Crippen molar-refractivity contribution in [2.75, 3.05) is 27.1 Å². The molecule has 0 aromatic heterocycles. The van der Waals surface area contributed by atoms with Crippen LogP contribution in [0.25, 0.3) is 0 Å². The summed E-state index contributed by atoms with van der Waals surface area (Å²) in [6.45, 7) is 0.594. The van der Waals surface area contributed by atoms with Crippen LogP contribution in [0.2, 0.25) is 0 Å². The number of aliphatic carboxylic acids is 1. The number of alkyl halides is 8. The molecule has 6 atom stereocenters. The molecule has 1 unspecified atom stereocenters. The normalized spacial score (nSPS) is 27.1. The van der Waals surface area contributed by atoms with Gasteiger partial charge in [-0.2, -0.15) is 43.5 Å². The van der Waals surface area contributed by atoms with Crippen LogP contribution >= 0.6 is 0 Å². The van der Waals surface area contributed by atoms with Gasteiger partial charge in [0.15, 0.2) is 18.7 Å². The van der Waals surface area contributed by atoms with Crippen molar-refractivity contribution in [1.29, 1.82) is 0 Å². The third kappa shape index (κ3) is 7.58. The predicted molar refractivity (Wildman–Crippen MR) is 124 cm³/mol. The second-order valence-corrected chi connectivity index (χ2v) is 10.8. The fourth-order valence-electron chi connectivity index (χ4n) is 3.96. The van der Waals surface area contributed by atoms with Crippen molar-refractivity contribution in [1.82, 2.24) is 0 Å². The molecular formula is C23H26F8O12S. The summed E-state index contributed by atoms with van der Waals surface area (Å²) in [7, 11) is -6.27. The van der Waals surface area contributed by atoms with E-state index >= 15 is 0 Å². The average Bonchev–Trinajstić information content (AvgIpc) is 2.92. The van der Waals surface area contributed by atoms with Crippen LogP contribution in [0.4, 0.5) is 35.1 Å². The van der Waals surface area contributed by atoms with Gasteiger partial charge in [0.1, 0.15) is 31.5 Å². The highest BCUT2D eigenvalue weighted by Crippen LogP contribution is 2.49. The first-order chi connectivity index (χ1) is 20.3. The Bertz CT molecular complexity index is 1220. The Hall–Kier alpha value is -2.24. The van der Waals surface area contributed by atoms with Gasteiger partial charge in [-0.1, -0.05) is 30.3 Å². The molecule has 44 heavy (non-hydrogen) atoms. The number of hydrogen-bond donors (Lipinski definition) is 1. The molecule has 2 fully saturated rings. The molecule has 0 saturated carbocycles. The van der Waals surface area contributed by atoms with Crippen LogP contribution in [0.15, 0.2) is 30.3 Å². The van der Waals surface area contributed by atoms with E-state index in [0.29, 0.717) is 5.56 Å². The number of methoxy groups -OCH3 is 1. The second-order valence-electron chi connectivity index (χ2n) is 9.14. The third-order valence-electron chi connectivity index (χ3n) is 6.08. The maximum Gasteiger partial charge on any atom is 0.460 e. The van der Waals surface area contributed by atoms with E-state index in [4.69, 9.17) is 33.5 Å². The number of benzene rings is 1. The molecule has 2 aliphatic rings. The van der Waals surface area contributed by atoms with E-state index in [-0.39, 0.29) is 13.2 Å². The van der Waals surface area contributed by atoms with Crippen molar-refractivity contribution in [2.24, 2.45) is 0 Å². The zero-order valence-electron chi connectivity index (χ0n) is 22.5. The van der Waals surface area contributed by atoms with E-state index in [2.05, 4.69) is 8.92 Å². The van der Waals surface area contributed by atoms with Crippen LogP contribution in [0, 0.1) is 0 Å². The summed E-state index contributed by atoms with van der Waals surface area (Å²) in [5.74, 6) is -8.63. The minimum absolute atomic E-state index is 0.0216. The first kappa shape index (κ1) is 36.2. The average molecular weight is 679 g/mol. The minimum atomic E-state index is -7.14. The molecule has 0 radical (unpaired) electrons. The Morgan fingerprint density at radius 1 is 1.00 bits per heavy atom. The summed E-state index contributed by atoms with van der Waals surface area (Å²) in [6, 6.07) is 8.02. The maximum absolute atomic E-state index is 14.7. The SMILES string of the molecule is CCOCO[C@@H]1[C@H](OS(=O)(=O)C(F)(F)C(F)(F)OC(F)(F)C(F)(F)CC(=O)O)[C@H](OC)O[C@@H]2COC(c3ccccc3)O[C@@H]12. The van der Waals surface area contributed by atoms with Crippen molar-refractivity contribution < 1.29 is 90.8 Å². The molecule has 1 aromatic rings. The Balaban J connectivity index is 1.93. The Morgan fingerprint density at radius 2 is 1.64 bits per heavy atom. The maximum atomic E-state index is 14.7. The lowest BCUT2D eigenvalue weighted by molar-refractivity contribution is -0.456. The van der Waals surface area contributed by atoms with Gasteiger partial charge in [-0.3, -0.25) is 8.98 Å². The van der Waals surface area contributed by atoms with Crippen LogP contribution < -0.4 is 0 Å². The van der Waals surface area contributed by atoms with Gasteiger partial charge in [-0.25, -0.2) is 4.74 Å². The summed E-state index contributed by atoms with van der Waals surface area (Å²) in [4.78, 5) is 10.4. The molecule has 1 aromatic carbocycles. The van der Waals surface area contributed by atoms with Gasteiger partial charge in [0.25, 0.3) is 0 Å². The van der Waals surface area contributed by atoms with E-state index in [1.807, 2.05) is 0 Å². The molecular weight excluding hydrogens is 652 g/mol. The summed E-state index contributed by atoms with van der Waals surface area (Å²) >= 11 is 0. The molecule has 1 N–H and O–H groups in total. The highest BCUT2D eigenvalue weighted by Gasteiger charge is 2.75. The zero-order chi connectivity index (χ0) is 33.1. The number of rotatable bonds is 15. The monoisotopic (exact) mass is 678 g/mol. The highest BCUT2D eigenvalue weighted by atomic mass is 32.2. The largest absolute Gasteiger partial charge is 0.481 e. The standard InChI is InChI=1S/C23H26F8O12S/c1-3-37-11-39-16-15-13(10-38-18(41-15)12-7-5-4-6-8-12)40-19(36-2)17(16)42-44(34,35)23(30,31)22(28,29)43-21(26,27)20(24,25)9-14(32)33/h4-8,13,15-19H,3,9-11H2,1-2H3,(H,32,33)/t13-,15-,16+,17+,18?,19-/m1/s1. The molecule has 0 amide bonds. The Morgan fingerprint density at radius 3 is 2.20 bits per heavy atom. The van der Waals surface area contributed by atoms with Crippen LogP contribution in [-0.4, -0.2) is 101 Å². The fraction of sp³-hybridized carbons (Fsp3) is 0.696. The molecule has 12 nitrogen and oxygen atoms in total. The zero-order valence-corrected chi connectivity index (χ0v) is 23.4. The molecule has 0 spiro atoms. The van der Waals surface area contributed by atoms with Gasteiger partial charge in [0.2, 0.25) is 0 Å². The van der Waals surface area contributed by atoms with Gasteiger partial charge in [-0.05, 0) is 6.92 Å². The van der Waals surface area contributed by atoms with E-state index in [1.165, 1.54) is 6.92 Å².